The molecule has 0 aliphatic carbocycles. The second-order valence-electron chi connectivity index (χ2n) is 10.8. The normalized spacial score (nSPS) is 15.5. The van der Waals surface area contributed by atoms with E-state index >= 15 is 0 Å². The molecule has 3 aromatic carbocycles. The van der Waals surface area contributed by atoms with Crippen LogP contribution in [0.3, 0.4) is 0 Å². The highest BCUT2D eigenvalue weighted by Gasteiger charge is 2.29. The van der Waals surface area contributed by atoms with E-state index in [-0.39, 0.29) is 11.8 Å². The summed E-state index contributed by atoms with van der Waals surface area (Å²) in [5, 5.41) is 0. The lowest BCUT2D eigenvalue weighted by atomic mass is 9.95. The third-order valence-corrected chi connectivity index (χ3v) is 8.17. The van der Waals surface area contributed by atoms with Gasteiger partial charge in [-0.2, -0.15) is 0 Å². The molecule has 2 amide bonds. The molecule has 198 valence electrons. The molecule has 0 atom stereocenters. The number of para-hydroxylation sites is 1. The van der Waals surface area contributed by atoms with Crippen molar-refractivity contribution in [3.63, 3.8) is 0 Å². The van der Waals surface area contributed by atoms with Crippen molar-refractivity contribution in [2.24, 2.45) is 0 Å². The van der Waals surface area contributed by atoms with E-state index < -0.39 is 0 Å². The topological polar surface area (TPSA) is 48.8 Å². The van der Waals surface area contributed by atoms with E-state index in [1.807, 2.05) is 64.4 Å². The minimum absolute atomic E-state index is 0.0384. The van der Waals surface area contributed by atoms with Gasteiger partial charge in [0.05, 0.1) is 13.1 Å². The zero-order valence-corrected chi connectivity index (χ0v) is 22.9. The van der Waals surface area contributed by atoms with Crippen molar-refractivity contribution >= 4 is 17.5 Å². The van der Waals surface area contributed by atoms with Crippen molar-refractivity contribution in [2.45, 2.75) is 26.9 Å². The lowest BCUT2D eigenvalue weighted by molar-refractivity contribution is 0.0653. The van der Waals surface area contributed by atoms with E-state index in [1.54, 1.807) is 0 Å². The van der Waals surface area contributed by atoms with Gasteiger partial charge in [0.2, 0.25) is 0 Å². The number of amides is 2. The Labute approximate surface area is 230 Å². The first kappa shape index (κ1) is 25.1. The van der Waals surface area contributed by atoms with E-state index in [0.29, 0.717) is 24.3 Å². The van der Waals surface area contributed by atoms with Crippen LogP contribution in [0.2, 0.25) is 0 Å². The molecule has 4 aromatic rings. The number of hydrogen-bond donors (Lipinski definition) is 0. The Kier molecular flexibility index (Phi) is 6.57. The average molecular weight is 519 g/mol. The molecule has 0 spiro atoms. The molecule has 0 unspecified atom stereocenters. The molecule has 2 aliphatic heterocycles. The van der Waals surface area contributed by atoms with E-state index in [2.05, 4.69) is 54.6 Å². The molecule has 0 N–H and O–H groups in total. The van der Waals surface area contributed by atoms with Crippen LogP contribution in [0.5, 0.6) is 0 Å². The summed E-state index contributed by atoms with van der Waals surface area (Å²) in [4.78, 5) is 33.6. The SMILES string of the molecule is Cc1ccccc1-c1ccc(C(=O)N2Cc3ccc(C(=O)N4CCN(C)CC4)n3Cc3ccccc32)cc1C. The molecule has 1 saturated heterocycles. The summed E-state index contributed by atoms with van der Waals surface area (Å²) >= 11 is 0. The van der Waals surface area contributed by atoms with Crippen LogP contribution in [0.4, 0.5) is 5.69 Å². The number of nitrogens with zero attached hydrogens (tertiary/aromatic N) is 4. The number of anilines is 1. The van der Waals surface area contributed by atoms with Crippen LogP contribution < -0.4 is 4.90 Å². The number of piperazine rings is 1. The standard InChI is InChI=1S/C33H34N4O2/c1-23-8-4-6-10-28(23)29-14-12-25(20-24(29)2)32(38)37-22-27-13-15-31(33(39)35-18-16-34(3)17-19-35)36(27)21-26-9-5-7-11-30(26)37/h4-15,20H,16-19,21-22H2,1-3H3. The smallest absolute Gasteiger partial charge is 0.270 e. The summed E-state index contributed by atoms with van der Waals surface area (Å²) in [5.74, 6) is 0.0255. The van der Waals surface area contributed by atoms with E-state index in [4.69, 9.17) is 0 Å². The number of hydrogen-bond acceptors (Lipinski definition) is 3. The molecular weight excluding hydrogens is 484 g/mol. The summed E-state index contributed by atoms with van der Waals surface area (Å²) in [5.41, 5.74) is 8.85. The van der Waals surface area contributed by atoms with Gasteiger partial charge in [0.25, 0.3) is 11.8 Å². The van der Waals surface area contributed by atoms with Gasteiger partial charge in [0, 0.05) is 43.1 Å². The van der Waals surface area contributed by atoms with Crippen LogP contribution in [0.1, 0.15) is 43.2 Å². The van der Waals surface area contributed by atoms with Crippen LogP contribution in [-0.2, 0) is 13.1 Å². The molecule has 0 saturated carbocycles. The molecular formula is C33H34N4O2. The maximum Gasteiger partial charge on any atom is 0.270 e. The predicted molar refractivity (Wildman–Crippen MR) is 155 cm³/mol. The van der Waals surface area contributed by atoms with Crippen LogP contribution >= 0.6 is 0 Å². The number of benzene rings is 3. The highest BCUT2D eigenvalue weighted by atomic mass is 16.2. The number of rotatable bonds is 3. The number of carbonyl (C=O) groups is 2. The molecule has 39 heavy (non-hydrogen) atoms. The van der Waals surface area contributed by atoms with Gasteiger partial charge < -0.3 is 19.3 Å². The second-order valence-corrected chi connectivity index (χ2v) is 10.8. The average Bonchev–Trinajstić information content (AvgIpc) is 3.26. The maximum absolute atomic E-state index is 14.0. The van der Waals surface area contributed by atoms with E-state index in [9.17, 15) is 9.59 Å². The van der Waals surface area contributed by atoms with Crippen molar-refractivity contribution in [3.05, 3.63) is 113 Å². The van der Waals surface area contributed by atoms with Crippen LogP contribution in [0.25, 0.3) is 11.1 Å². The van der Waals surface area contributed by atoms with Crippen molar-refractivity contribution in [1.82, 2.24) is 14.4 Å². The largest absolute Gasteiger partial charge is 0.335 e. The number of aryl methyl sites for hydroxylation is 2. The highest BCUT2D eigenvalue weighted by molar-refractivity contribution is 6.07. The zero-order valence-electron chi connectivity index (χ0n) is 22.9. The van der Waals surface area contributed by atoms with Gasteiger partial charge in [-0.25, -0.2) is 0 Å². The first-order chi connectivity index (χ1) is 18.9. The first-order valence-electron chi connectivity index (χ1n) is 13.6. The van der Waals surface area contributed by atoms with Crippen LogP contribution in [0, 0.1) is 13.8 Å². The summed E-state index contributed by atoms with van der Waals surface area (Å²) in [7, 11) is 2.09. The third kappa shape index (κ3) is 4.66. The Balaban J connectivity index is 1.33. The van der Waals surface area contributed by atoms with Crippen molar-refractivity contribution < 1.29 is 9.59 Å². The molecule has 1 fully saturated rings. The van der Waals surface area contributed by atoms with Gasteiger partial charge in [-0.1, -0.05) is 48.5 Å². The molecule has 6 nitrogen and oxygen atoms in total. The monoisotopic (exact) mass is 518 g/mol. The van der Waals surface area contributed by atoms with Gasteiger partial charge >= 0.3 is 0 Å². The summed E-state index contributed by atoms with van der Waals surface area (Å²) in [6.07, 6.45) is 0. The summed E-state index contributed by atoms with van der Waals surface area (Å²) in [6.45, 7) is 8.37. The fraction of sp³-hybridized carbons (Fsp3) is 0.273. The third-order valence-electron chi connectivity index (χ3n) is 8.17. The predicted octanol–water partition coefficient (Wildman–Crippen LogP) is 5.37. The first-order valence-corrected chi connectivity index (χ1v) is 13.6. The molecule has 2 aliphatic rings. The molecule has 3 heterocycles. The summed E-state index contributed by atoms with van der Waals surface area (Å²) < 4.78 is 2.10. The van der Waals surface area contributed by atoms with Crippen molar-refractivity contribution in [3.8, 4) is 11.1 Å². The van der Waals surface area contributed by atoms with Gasteiger partial charge in [-0.05, 0) is 79.0 Å². The Hall–Kier alpha value is -4.16. The summed E-state index contributed by atoms with van der Waals surface area (Å²) in [6, 6.07) is 26.3. The lowest BCUT2D eigenvalue weighted by Crippen LogP contribution is -2.47. The van der Waals surface area contributed by atoms with Crippen molar-refractivity contribution in [1.29, 1.82) is 0 Å². The minimum Gasteiger partial charge on any atom is -0.335 e. The molecule has 6 heteroatoms. The Bertz CT molecular complexity index is 1560. The van der Waals surface area contributed by atoms with E-state index in [0.717, 1.165) is 54.3 Å². The Morgan fingerprint density at radius 1 is 0.692 bits per heavy atom. The Morgan fingerprint density at radius 3 is 2.18 bits per heavy atom. The number of carbonyl (C=O) groups excluding carboxylic acids is 2. The second kappa shape index (κ2) is 10.2. The molecule has 6 rings (SSSR count). The molecule has 0 bridgehead atoms. The van der Waals surface area contributed by atoms with Gasteiger partial charge in [-0.15, -0.1) is 0 Å². The van der Waals surface area contributed by atoms with Crippen LogP contribution in [-0.4, -0.2) is 59.4 Å². The maximum atomic E-state index is 14.0. The minimum atomic E-state index is -0.0384. The van der Waals surface area contributed by atoms with Gasteiger partial charge in [0.1, 0.15) is 5.69 Å². The molecule has 1 aromatic heterocycles. The van der Waals surface area contributed by atoms with E-state index in [1.165, 1.54) is 11.1 Å². The lowest BCUT2D eigenvalue weighted by Gasteiger charge is -2.32. The quantitative estimate of drug-likeness (QED) is 0.367. The fourth-order valence-corrected chi connectivity index (χ4v) is 5.83. The van der Waals surface area contributed by atoms with Crippen LogP contribution in [0.15, 0.2) is 78.9 Å². The Morgan fingerprint density at radius 2 is 1.41 bits per heavy atom. The van der Waals surface area contributed by atoms with Gasteiger partial charge in [-0.3, -0.25) is 9.59 Å². The fourth-order valence-electron chi connectivity index (χ4n) is 5.83. The number of aromatic nitrogens is 1. The number of likely N-dealkylation sites (N-methyl/N-ethyl adjacent to an activating group) is 1. The van der Waals surface area contributed by atoms with Gasteiger partial charge in [0.15, 0.2) is 0 Å². The van der Waals surface area contributed by atoms with Crippen molar-refractivity contribution in [2.75, 3.05) is 38.1 Å². The number of fused-ring (bicyclic) bond motifs is 2. The highest BCUT2D eigenvalue weighted by Crippen LogP contribution is 2.32. The zero-order chi connectivity index (χ0) is 27.1. The molecule has 0 radical (unpaired) electrons.